The van der Waals surface area contributed by atoms with E-state index in [4.69, 9.17) is 16.4 Å². The lowest BCUT2D eigenvalue weighted by atomic mass is 10.1. The number of benzene rings is 1. The molecule has 0 aromatic carbocycles. The van der Waals surface area contributed by atoms with Crippen molar-refractivity contribution in [2.75, 3.05) is 5.73 Å². The van der Waals surface area contributed by atoms with Crippen molar-refractivity contribution in [1.82, 2.24) is 9.69 Å². The summed E-state index contributed by atoms with van der Waals surface area (Å²) >= 11 is 0. The molecule has 0 bridgehead atoms. The summed E-state index contributed by atoms with van der Waals surface area (Å²) in [5, 5.41) is 35.2. The Balaban J connectivity index is 3.00. The first-order valence-corrected chi connectivity index (χ1v) is 3.71. The van der Waals surface area contributed by atoms with E-state index in [1.165, 1.54) is 0 Å². The fourth-order valence-electron chi connectivity index (χ4n) is 1.31. The van der Waals surface area contributed by atoms with E-state index < -0.39 is 0 Å². The molecular weight excluding hydrogens is 188 g/mol. The number of phenols is 1. The van der Waals surface area contributed by atoms with Gasteiger partial charge in [-0.3, -0.25) is 5.41 Å². The number of anilines is 1. The molecule has 0 saturated heterocycles. The number of nitrogen functional groups attached to an aromatic ring is 1. The van der Waals surface area contributed by atoms with Crippen LogP contribution in [0.5, 0.6) is 5.75 Å². The summed E-state index contributed by atoms with van der Waals surface area (Å²) in [6.07, 6.45) is 1.08. The Morgan fingerprint density at radius 1 is 1.36 bits per heavy atom. The number of hydrogen-bond donors (Lipinski definition) is 5. The van der Waals surface area contributed by atoms with Gasteiger partial charge in [0.1, 0.15) is 5.75 Å². The van der Waals surface area contributed by atoms with E-state index in [-0.39, 0.29) is 28.1 Å². The Hall–Kier alpha value is -2.31. The van der Waals surface area contributed by atoms with Crippen LogP contribution in [0.2, 0.25) is 0 Å². The third kappa shape index (κ3) is 0.830. The van der Waals surface area contributed by atoms with E-state index in [1.54, 1.807) is 0 Å². The third-order valence-electron chi connectivity index (χ3n) is 1.99. The molecule has 1 heterocycles. The minimum atomic E-state index is -0.302. The van der Waals surface area contributed by atoms with Gasteiger partial charge in [0.05, 0.1) is 22.8 Å². The zero-order chi connectivity index (χ0) is 10.5. The van der Waals surface area contributed by atoms with Gasteiger partial charge in [-0.2, -0.15) is 0 Å². The Kier molecular flexibility index (Phi) is 1.39. The lowest BCUT2D eigenvalue weighted by Gasteiger charge is -2.04. The summed E-state index contributed by atoms with van der Waals surface area (Å²) in [4.78, 5) is 0.671. The first-order chi connectivity index (χ1) is 6.52. The summed E-state index contributed by atoms with van der Waals surface area (Å²) in [6, 6.07) is 1.14. The molecule has 2 rings (SSSR count). The zero-order valence-corrected chi connectivity index (χ0v) is 6.97. The molecule has 1 aliphatic carbocycles. The van der Waals surface area contributed by atoms with Gasteiger partial charge in [0.25, 0.3) is 0 Å². The van der Waals surface area contributed by atoms with Crippen LogP contribution < -0.4 is 11.1 Å². The maximum absolute atomic E-state index is 9.40. The second kappa shape index (κ2) is 2.34. The van der Waals surface area contributed by atoms with Gasteiger partial charge in [0, 0.05) is 6.07 Å². The van der Waals surface area contributed by atoms with Crippen molar-refractivity contribution in [3.63, 3.8) is 0 Å². The van der Waals surface area contributed by atoms with E-state index in [0.29, 0.717) is 9.69 Å². The fourth-order valence-corrected chi connectivity index (χ4v) is 1.31. The standard InChI is InChI=1S/C7H8N4O3/c8-4-1-5(12)7-3(6(4)9)2-10(13)11(7)14/h1-2,9,12-14H,8H2. The van der Waals surface area contributed by atoms with Crippen LogP contribution in [0.25, 0.3) is 11.3 Å². The summed E-state index contributed by atoms with van der Waals surface area (Å²) in [7, 11) is 0. The Morgan fingerprint density at radius 3 is 2.64 bits per heavy atom. The minimum Gasteiger partial charge on any atom is -0.505 e. The highest BCUT2D eigenvalue weighted by Gasteiger charge is 2.20. The molecular formula is C7H8N4O3. The summed E-state index contributed by atoms with van der Waals surface area (Å²) in [5.41, 5.74) is 5.58. The normalized spacial score (nSPS) is 10.9. The highest BCUT2D eigenvalue weighted by molar-refractivity contribution is 5.72. The molecule has 0 spiro atoms. The van der Waals surface area contributed by atoms with Crippen LogP contribution in [-0.4, -0.2) is 25.2 Å². The summed E-state index contributed by atoms with van der Waals surface area (Å²) in [5.74, 6) is -0.302. The quantitative estimate of drug-likeness (QED) is 0.291. The molecule has 74 valence electrons. The van der Waals surface area contributed by atoms with Crippen LogP contribution in [0.15, 0.2) is 12.3 Å². The van der Waals surface area contributed by atoms with Crippen molar-refractivity contribution in [3.8, 4) is 17.0 Å². The molecule has 7 nitrogen and oxygen atoms in total. The number of nitrogens with zero attached hydrogens (tertiary/aromatic N) is 2. The Labute approximate surface area is 77.6 Å². The second-order valence-electron chi connectivity index (χ2n) is 2.86. The van der Waals surface area contributed by atoms with Crippen LogP contribution in [0.3, 0.4) is 0 Å². The van der Waals surface area contributed by atoms with Crippen molar-refractivity contribution in [2.24, 2.45) is 0 Å². The average Bonchev–Trinajstić information content (AvgIpc) is 2.40. The number of aromatic nitrogens is 2. The monoisotopic (exact) mass is 196 g/mol. The van der Waals surface area contributed by atoms with Gasteiger partial charge in [-0.15, -0.1) is 0 Å². The smallest absolute Gasteiger partial charge is 0.155 e. The Morgan fingerprint density at radius 2 is 2.00 bits per heavy atom. The largest absolute Gasteiger partial charge is 0.505 e. The number of nitrogens with two attached hydrogens (primary N) is 1. The van der Waals surface area contributed by atoms with Crippen molar-refractivity contribution < 1.29 is 15.5 Å². The molecule has 0 atom stereocenters. The number of aromatic hydroxyl groups is 1. The lowest BCUT2D eigenvalue weighted by molar-refractivity contribution is -0.00732. The van der Waals surface area contributed by atoms with E-state index in [9.17, 15) is 10.3 Å². The molecule has 0 aromatic rings. The zero-order valence-electron chi connectivity index (χ0n) is 6.97. The number of hydrogen-bond acceptors (Lipinski definition) is 5. The molecule has 2 aliphatic rings. The summed E-state index contributed by atoms with van der Waals surface area (Å²) < 4.78 is 0. The van der Waals surface area contributed by atoms with E-state index >= 15 is 0 Å². The van der Waals surface area contributed by atoms with E-state index in [2.05, 4.69) is 0 Å². The molecule has 0 amide bonds. The number of phenolic OH excluding ortho intramolecular Hbond substituents is 1. The number of rotatable bonds is 0. The highest BCUT2D eigenvalue weighted by atomic mass is 16.6. The van der Waals surface area contributed by atoms with E-state index in [0.717, 1.165) is 12.3 Å². The topological polar surface area (TPSA) is 120 Å². The van der Waals surface area contributed by atoms with Gasteiger partial charge in [-0.05, 0) is 0 Å². The second-order valence-corrected chi connectivity index (χ2v) is 2.86. The van der Waals surface area contributed by atoms with Crippen LogP contribution in [0, 0.1) is 5.41 Å². The summed E-state index contributed by atoms with van der Waals surface area (Å²) in [6.45, 7) is 0. The molecule has 0 unspecified atom stereocenters. The van der Waals surface area contributed by atoms with Crippen molar-refractivity contribution >= 4 is 5.69 Å². The van der Waals surface area contributed by atoms with Crippen molar-refractivity contribution in [3.05, 3.63) is 17.6 Å². The molecule has 1 aliphatic heterocycles. The van der Waals surface area contributed by atoms with Crippen LogP contribution >= 0.6 is 0 Å². The molecule has 6 N–H and O–H groups in total. The van der Waals surface area contributed by atoms with Crippen LogP contribution in [0.4, 0.5) is 5.69 Å². The molecule has 14 heavy (non-hydrogen) atoms. The molecule has 0 aromatic heterocycles. The van der Waals surface area contributed by atoms with Gasteiger partial charge in [0.15, 0.2) is 5.69 Å². The van der Waals surface area contributed by atoms with Crippen LogP contribution in [0.1, 0.15) is 0 Å². The SMILES string of the molecule is N=c1c(N)cc(O)c2n(O)n(O)cc1-2. The van der Waals surface area contributed by atoms with Gasteiger partial charge in [-0.25, -0.2) is 0 Å². The average molecular weight is 196 g/mol. The van der Waals surface area contributed by atoms with E-state index in [1.807, 2.05) is 0 Å². The Bertz CT molecular complexity index is 527. The number of fused-ring (bicyclic) bond motifs is 1. The first kappa shape index (κ1) is 8.30. The highest BCUT2D eigenvalue weighted by Crippen LogP contribution is 2.29. The maximum Gasteiger partial charge on any atom is 0.155 e. The number of nitrogens with one attached hydrogen (secondary N) is 1. The molecule has 0 saturated carbocycles. The van der Waals surface area contributed by atoms with Gasteiger partial charge in [0.2, 0.25) is 0 Å². The predicted octanol–water partition coefficient (Wildman–Crippen LogP) is -0.364. The molecule has 0 radical (unpaired) electrons. The lowest BCUT2D eigenvalue weighted by Crippen LogP contribution is -2.12. The fraction of sp³-hybridized carbons (Fsp3) is 0. The predicted molar refractivity (Wildman–Crippen MR) is 45.3 cm³/mol. The minimum absolute atomic E-state index is 0.0617. The van der Waals surface area contributed by atoms with Gasteiger partial charge < -0.3 is 21.3 Å². The first-order valence-electron chi connectivity index (χ1n) is 3.71. The molecule has 0 fully saturated rings. The van der Waals surface area contributed by atoms with Gasteiger partial charge in [-0.1, -0.05) is 9.69 Å². The van der Waals surface area contributed by atoms with Crippen molar-refractivity contribution in [1.29, 1.82) is 5.41 Å². The third-order valence-corrected chi connectivity index (χ3v) is 1.99. The van der Waals surface area contributed by atoms with Crippen molar-refractivity contribution in [2.45, 2.75) is 0 Å². The van der Waals surface area contributed by atoms with Crippen LogP contribution in [-0.2, 0) is 0 Å². The van der Waals surface area contributed by atoms with Gasteiger partial charge >= 0.3 is 0 Å². The maximum atomic E-state index is 9.40. The molecule has 7 heteroatoms.